The lowest BCUT2D eigenvalue weighted by atomic mass is 10.1. The largest absolute Gasteiger partial charge is 0.480 e. The molecular weight excluding hydrogens is 272 g/mol. The Morgan fingerprint density at radius 2 is 1.90 bits per heavy atom. The normalized spacial score (nSPS) is 10.2. The van der Waals surface area contributed by atoms with Crippen molar-refractivity contribution in [3.05, 3.63) is 29.8 Å². The lowest BCUT2D eigenvalue weighted by molar-refractivity contribution is -0.142. The molecule has 0 radical (unpaired) electrons. The number of hydrogen-bond acceptors (Lipinski definition) is 4. The summed E-state index contributed by atoms with van der Waals surface area (Å²) in [6.07, 6.45) is 1.08. The van der Waals surface area contributed by atoms with Crippen LogP contribution in [0.1, 0.15) is 12.0 Å². The average Bonchev–Trinajstić information content (AvgIpc) is 2.44. The van der Waals surface area contributed by atoms with Crippen LogP contribution in [0.2, 0.25) is 0 Å². The molecule has 116 valence electrons. The standard InChI is InChI=1S/C15H22N2O4/c1-17(2)13-6-3-12(4-7-13)5-8-14(18)16-9-10-21-11-15(19)20/h3-4,6-7H,5,8-11H2,1-2H3,(H,16,18)(H,19,20). The van der Waals surface area contributed by atoms with Crippen molar-refractivity contribution in [2.24, 2.45) is 0 Å². The van der Waals surface area contributed by atoms with Crippen LogP contribution in [0.15, 0.2) is 24.3 Å². The van der Waals surface area contributed by atoms with Crippen LogP contribution in [0.3, 0.4) is 0 Å². The van der Waals surface area contributed by atoms with E-state index in [9.17, 15) is 9.59 Å². The number of carboxylic acid groups (broad SMARTS) is 1. The first kappa shape index (κ1) is 17.0. The number of benzene rings is 1. The number of nitrogens with one attached hydrogen (secondary N) is 1. The number of aliphatic carboxylic acids is 1. The number of hydrogen-bond donors (Lipinski definition) is 2. The molecule has 0 spiro atoms. The third kappa shape index (κ3) is 7.31. The van der Waals surface area contributed by atoms with Gasteiger partial charge in [-0.3, -0.25) is 4.79 Å². The Hall–Kier alpha value is -2.08. The van der Waals surface area contributed by atoms with E-state index in [1.807, 2.05) is 43.3 Å². The van der Waals surface area contributed by atoms with E-state index >= 15 is 0 Å². The lowest BCUT2D eigenvalue weighted by Gasteiger charge is -2.12. The summed E-state index contributed by atoms with van der Waals surface area (Å²) in [5, 5.41) is 11.1. The summed E-state index contributed by atoms with van der Waals surface area (Å²) in [6, 6.07) is 8.07. The van der Waals surface area contributed by atoms with Crippen molar-refractivity contribution in [2.45, 2.75) is 12.8 Å². The number of aryl methyl sites for hydroxylation is 1. The first-order chi connectivity index (χ1) is 9.99. The maximum atomic E-state index is 11.6. The maximum absolute atomic E-state index is 11.6. The molecule has 2 N–H and O–H groups in total. The maximum Gasteiger partial charge on any atom is 0.329 e. The minimum absolute atomic E-state index is 0.0642. The summed E-state index contributed by atoms with van der Waals surface area (Å²) in [7, 11) is 3.96. The van der Waals surface area contributed by atoms with Crippen LogP contribution in [0.25, 0.3) is 0 Å². The molecule has 0 fully saturated rings. The van der Waals surface area contributed by atoms with Gasteiger partial charge in [-0.1, -0.05) is 12.1 Å². The van der Waals surface area contributed by atoms with E-state index in [-0.39, 0.29) is 19.1 Å². The van der Waals surface area contributed by atoms with E-state index in [0.29, 0.717) is 19.4 Å². The van der Waals surface area contributed by atoms with E-state index < -0.39 is 5.97 Å². The van der Waals surface area contributed by atoms with Crippen molar-refractivity contribution in [3.8, 4) is 0 Å². The number of nitrogens with zero attached hydrogens (tertiary/aromatic N) is 1. The third-order valence-corrected chi connectivity index (χ3v) is 2.89. The van der Waals surface area contributed by atoms with E-state index in [4.69, 9.17) is 9.84 Å². The summed E-state index contributed by atoms with van der Waals surface area (Å²) in [6.45, 7) is 0.190. The molecule has 0 aliphatic carbocycles. The Morgan fingerprint density at radius 3 is 2.48 bits per heavy atom. The van der Waals surface area contributed by atoms with Gasteiger partial charge in [-0.15, -0.1) is 0 Å². The Morgan fingerprint density at radius 1 is 1.24 bits per heavy atom. The first-order valence-electron chi connectivity index (χ1n) is 6.81. The minimum atomic E-state index is -1.01. The van der Waals surface area contributed by atoms with Gasteiger partial charge >= 0.3 is 5.97 Å². The van der Waals surface area contributed by atoms with Crippen LogP contribution in [0.4, 0.5) is 5.69 Å². The fourth-order valence-electron chi connectivity index (χ4n) is 1.73. The predicted octanol–water partition coefficient (Wildman–Crippen LogP) is 0.903. The fourth-order valence-corrected chi connectivity index (χ4v) is 1.73. The molecule has 0 saturated heterocycles. The van der Waals surface area contributed by atoms with Gasteiger partial charge < -0.3 is 20.1 Å². The number of amides is 1. The van der Waals surface area contributed by atoms with Gasteiger partial charge in [0, 0.05) is 32.7 Å². The minimum Gasteiger partial charge on any atom is -0.480 e. The number of ether oxygens (including phenoxy) is 1. The van der Waals surface area contributed by atoms with Gasteiger partial charge in [-0.2, -0.15) is 0 Å². The molecule has 0 saturated carbocycles. The summed E-state index contributed by atoms with van der Waals surface area (Å²) in [4.78, 5) is 23.8. The second-order valence-electron chi connectivity index (χ2n) is 4.86. The molecule has 1 aromatic carbocycles. The van der Waals surface area contributed by atoms with Gasteiger partial charge in [-0.25, -0.2) is 4.79 Å². The van der Waals surface area contributed by atoms with Gasteiger partial charge in [0.15, 0.2) is 0 Å². The quantitative estimate of drug-likeness (QED) is 0.662. The fraction of sp³-hybridized carbons (Fsp3) is 0.467. The molecule has 6 heteroatoms. The molecule has 0 aromatic heterocycles. The highest BCUT2D eigenvalue weighted by molar-refractivity contribution is 5.76. The van der Waals surface area contributed by atoms with Crippen LogP contribution < -0.4 is 10.2 Å². The van der Waals surface area contributed by atoms with E-state index in [2.05, 4.69) is 5.32 Å². The zero-order valence-electron chi connectivity index (χ0n) is 12.5. The SMILES string of the molecule is CN(C)c1ccc(CCC(=O)NCCOCC(=O)O)cc1. The van der Waals surface area contributed by atoms with Crippen LogP contribution in [0, 0.1) is 0 Å². The molecule has 0 aliphatic heterocycles. The number of carboxylic acids is 1. The van der Waals surface area contributed by atoms with Crippen LogP contribution in [0.5, 0.6) is 0 Å². The second-order valence-corrected chi connectivity index (χ2v) is 4.86. The predicted molar refractivity (Wildman–Crippen MR) is 80.6 cm³/mol. The van der Waals surface area contributed by atoms with E-state index in [1.54, 1.807) is 0 Å². The second kappa shape index (κ2) is 8.97. The van der Waals surface area contributed by atoms with Gasteiger partial charge in [0.1, 0.15) is 6.61 Å². The van der Waals surface area contributed by atoms with Crippen molar-refractivity contribution in [3.63, 3.8) is 0 Å². The number of carbonyl (C=O) groups is 2. The van der Waals surface area contributed by atoms with Crippen molar-refractivity contribution in [2.75, 3.05) is 38.8 Å². The smallest absolute Gasteiger partial charge is 0.329 e. The van der Waals surface area contributed by atoms with Gasteiger partial charge in [0.2, 0.25) is 5.91 Å². The summed E-state index contributed by atoms with van der Waals surface area (Å²) in [5.74, 6) is -1.08. The van der Waals surface area contributed by atoms with Crippen LogP contribution in [-0.4, -0.2) is 50.8 Å². The van der Waals surface area contributed by atoms with Gasteiger partial charge in [-0.05, 0) is 24.1 Å². The Labute approximate surface area is 124 Å². The van der Waals surface area contributed by atoms with Crippen molar-refractivity contribution >= 4 is 17.6 Å². The van der Waals surface area contributed by atoms with Crippen molar-refractivity contribution < 1.29 is 19.4 Å². The molecule has 6 nitrogen and oxygen atoms in total. The molecule has 0 aliphatic rings. The molecule has 0 unspecified atom stereocenters. The molecule has 1 rings (SSSR count). The van der Waals surface area contributed by atoms with Crippen molar-refractivity contribution in [1.82, 2.24) is 5.32 Å². The highest BCUT2D eigenvalue weighted by Gasteiger charge is 2.03. The van der Waals surface area contributed by atoms with Crippen molar-refractivity contribution in [1.29, 1.82) is 0 Å². The zero-order valence-corrected chi connectivity index (χ0v) is 12.5. The van der Waals surface area contributed by atoms with Crippen LogP contribution >= 0.6 is 0 Å². The average molecular weight is 294 g/mol. The highest BCUT2D eigenvalue weighted by Crippen LogP contribution is 2.13. The molecular formula is C15H22N2O4. The molecule has 1 amide bonds. The first-order valence-corrected chi connectivity index (χ1v) is 6.81. The molecule has 0 heterocycles. The van der Waals surface area contributed by atoms with Crippen LogP contribution in [-0.2, 0) is 20.7 Å². The van der Waals surface area contributed by atoms with E-state index in [1.165, 1.54) is 0 Å². The monoisotopic (exact) mass is 294 g/mol. The highest BCUT2D eigenvalue weighted by atomic mass is 16.5. The Bertz CT molecular complexity index is 457. The third-order valence-electron chi connectivity index (χ3n) is 2.89. The Kier molecular flexibility index (Phi) is 7.25. The van der Waals surface area contributed by atoms with Gasteiger partial charge in [0.25, 0.3) is 0 Å². The number of carbonyl (C=O) groups excluding carboxylic acids is 1. The van der Waals surface area contributed by atoms with E-state index in [0.717, 1.165) is 11.3 Å². The van der Waals surface area contributed by atoms with Gasteiger partial charge in [0.05, 0.1) is 6.61 Å². The molecule has 0 atom stereocenters. The molecule has 0 bridgehead atoms. The number of rotatable bonds is 9. The molecule has 1 aromatic rings. The topological polar surface area (TPSA) is 78.9 Å². The summed E-state index contributed by atoms with van der Waals surface area (Å²) < 4.78 is 4.82. The lowest BCUT2D eigenvalue weighted by Crippen LogP contribution is -2.28. The summed E-state index contributed by atoms with van der Waals surface area (Å²) in [5.41, 5.74) is 2.23. The summed E-state index contributed by atoms with van der Waals surface area (Å²) >= 11 is 0. The Balaban J connectivity index is 2.19. The molecule has 21 heavy (non-hydrogen) atoms. The zero-order chi connectivity index (χ0) is 15.7. The number of anilines is 1.